The Balaban J connectivity index is 1.24. The van der Waals surface area contributed by atoms with E-state index in [1.165, 1.54) is 0 Å². The maximum Gasteiger partial charge on any atom is 0.237 e. The molecule has 24 nitrogen and oxygen atoms in total. The Hall–Kier alpha value is -1.25. The van der Waals surface area contributed by atoms with Crippen LogP contribution in [0.2, 0.25) is 0 Å². The van der Waals surface area contributed by atoms with Gasteiger partial charge in [-0.1, -0.05) is 0 Å². The van der Waals surface area contributed by atoms with Crippen LogP contribution in [0.4, 0.5) is 0 Å². The van der Waals surface area contributed by atoms with Crippen LogP contribution in [0.25, 0.3) is 0 Å². The van der Waals surface area contributed by atoms with Crippen molar-refractivity contribution in [3.05, 3.63) is 0 Å². The maximum atomic E-state index is 12.6. The van der Waals surface area contributed by atoms with E-state index >= 15 is 0 Å². The summed E-state index contributed by atoms with van der Waals surface area (Å²) in [5.41, 5.74) is -3.61. The lowest BCUT2D eigenvalue weighted by molar-refractivity contribution is -0.437. The summed E-state index contributed by atoms with van der Waals surface area (Å²) in [7, 11) is 0. The highest BCUT2D eigenvalue weighted by Crippen LogP contribution is 2.46. The van der Waals surface area contributed by atoms with E-state index in [1.807, 2.05) is 0 Å². The summed E-state index contributed by atoms with van der Waals surface area (Å²) >= 11 is 0. The predicted octanol–water partition coefficient (Wildman–Crippen LogP) is -10.3. The van der Waals surface area contributed by atoms with Crippen molar-refractivity contribution in [2.75, 3.05) is 26.4 Å². The fourth-order valence-corrected chi connectivity index (χ4v) is 7.67. The number of aliphatic hydroxyl groups excluding tert-OH is 13. The summed E-state index contributed by atoms with van der Waals surface area (Å²) in [4.78, 5) is 12.6. The molecule has 9 unspecified atom stereocenters. The standard InChI is InChI=1S/C30H48O24/c1-7(34)12(35)24(42)29(45,6-33)30(25(43)15(38)13(36)9(3-32)53-30)54-20-11-5-47-23(20)18(41)28(50-11)52-21-14(37)8(2-31)49-27(17(21)40)51-19-10-4-46-22(19)16(39)26(44)48-10/h6-28,31-32,34-45H,2-5H2,1H3/t7-,8+,9+,10?,11?,12+,13-,14?,15-,16?,17?,18?,19+,20+,21-,22?,23?,24+,25+,26?,27-,28-,29+,30+/m0/s1. The summed E-state index contributed by atoms with van der Waals surface area (Å²) in [5, 5.41) is 149. The highest BCUT2D eigenvalue weighted by atomic mass is 16.8. The van der Waals surface area contributed by atoms with Gasteiger partial charge in [0.15, 0.2) is 25.2 Å². The Bertz CT molecular complexity index is 1280. The van der Waals surface area contributed by atoms with E-state index in [0.29, 0.717) is 0 Å². The Morgan fingerprint density at radius 1 is 0.722 bits per heavy atom. The molecule has 54 heavy (non-hydrogen) atoms. The summed E-state index contributed by atoms with van der Waals surface area (Å²) in [6.07, 6.45) is -39.7. The van der Waals surface area contributed by atoms with Crippen LogP contribution in [0, 0.1) is 0 Å². The van der Waals surface area contributed by atoms with Crippen LogP contribution >= 0.6 is 0 Å². The lowest BCUT2D eigenvalue weighted by atomic mass is 9.76. The van der Waals surface area contributed by atoms with Gasteiger partial charge in [-0.05, 0) is 6.92 Å². The van der Waals surface area contributed by atoms with Gasteiger partial charge in [-0.15, -0.1) is 0 Å². The van der Waals surface area contributed by atoms with E-state index in [0.717, 1.165) is 6.92 Å². The Labute approximate surface area is 305 Å². The number of fused-ring (bicyclic) bond motifs is 4. The van der Waals surface area contributed by atoms with E-state index in [2.05, 4.69) is 0 Å². The van der Waals surface area contributed by atoms with Crippen molar-refractivity contribution in [1.29, 1.82) is 0 Å². The second-order valence-corrected chi connectivity index (χ2v) is 14.2. The smallest absolute Gasteiger partial charge is 0.237 e. The van der Waals surface area contributed by atoms with E-state index < -0.39 is 172 Å². The van der Waals surface area contributed by atoms with Crippen LogP contribution in [0.5, 0.6) is 0 Å². The van der Waals surface area contributed by atoms with Crippen molar-refractivity contribution in [2.45, 2.75) is 153 Å². The first-order valence-corrected chi connectivity index (χ1v) is 17.2. The average Bonchev–Trinajstić information content (AvgIpc) is 3.64. The van der Waals surface area contributed by atoms with Gasteiger partial charge in [0.2, 0.25) is 11.4 Å². The molecule has 4 bridgehead atoms. The van der Waals surface area contributed by atoms with Gasteiger partial charge in [-0.3, -0.25) is 4.79 Å². The third kappa shape index (κ3) is 6.92. The summed E-state index contributed by atoms with van der Waals surface area (Å²) < 4.78 is 50.8. The van der Waals surface area contributed by atoms with Crippen LogP contribution < -0.4 is 0 Å². The summed E-state index contributed by atoms with van der Waals surface area (Å²) in [6.45, 7) is -1.52. The van der Waals surface area contributed by atoms with Gasteiger partial charge in [0.25, 0.3) is 0 Å². The van der Waals surface area contributed by atoms with Gasteiger partial charge in [-0.25, -0.2) is 0 Å². The fourth-order valence-electron chi connectivity index (χ4n) is 7.67. The molecule has 0 saturated carbocycles. The molecule has 6 aliphatic heterocycles. The van der Waals surface area contributed by atoms with E-state index in [-0.39, 0.29) is 6.61 Å². The molecular weight excluding hydrogens is 744 g/mol. The van der Waals surface area contributed by atoms with Crippen molar-refractivity contribution >= 4 is 6.29 Å². The third-order valence-electron chi connectivity index (χ3n) is 10.8. The average molecular weight is 793 g/mol. The van der Waals surface area contributed by atoms with Crippen LogP contribution in [-0.4, -0.2) is 250 Å². The zero-order valence-corrected chi connectivity index (χ0v) is 28.5. The molecule has 6 rings (SSSR count). The van der Waals surface area contributed by atoms with Gasteiger partial charge >= 0.3 is 0 Å². The van der Waals surface area contributed by atoms with Gasteiger partial charge in [-0.2, -0.15) is 0 Å². The highest BCUT2D eigenvalue weighted by Gasteiger charge is 2.71. The van der Waals surface area contributed by atoms with E-state index in [1.54, 1.807) is 0 Å². The minimum absolute atomic E-state index is 0.0970. The van der Waals surface area contributed by atoms with Crippen LogP contribution in [0.3, 0.4) is 0 Å². The van der Waals surface area contributed by atoms with Crippen molar-refractivity contribution in [3.8, 4) is 0 Å². The molecular formula is C30H48O24. The molecule has 24 atom stereocenters. The molecule has 14 N–H and O–H groups in total. The lowest BCUT2D eigenvalue weighted by Crippen LogP contribution is -2.80. The molecule has 0 amide bonds. The first-order valence-electron chi connectivity index (χ1n) is 17.2. The number of hydrogen-bond acceptors (Lipinski definition) is 24. The maximum absolute atomic E-state index is 12.6. The number of aliphatic hydroxyl groups is 14. The second kappa shape index (κ2) is 16.2. The minimum atomic E-state index is -3.61. The van der Waals surface area contributed by atoms with E-state index in [4.69, 9.17) is 42.6 Å². The molecule has 0 aliphatic carbocycles. The fraction of sp³-hybridized carbons (Fsp3) is 0.967. The number of rotatable bonds is 13. The molecule has 0 aromatic rings. The molecule has 0 radical (unpaired) electrons. The molecule has 0 spiro atoms. The topological polar surface area (TPSA) is 383 Å². The minimum Gasteiger partial charge on any atom is -0.394 e. The zero-order chi connectivity index (χ0) is 39.6. The largest absolute Gasteiger partial charge is 0.394 e. The molecule has 6 aliphatic rings. The number of carbonyl (C=O) groups excluding carboxylic acids is 1. The Morgan fingerprint density at radius 3 is 1.89 bits per heavy atom. The van der Waals surface area contributed by atoms with Crippen molar-refractivity contribution in [3.63, 3.8) is 0 Å². The van der Waals surface area contributed by atoms with Crippen LogP contribution in [-0.2, 0) is 47.4 Å². The monoisotopic (exact) mass is 792 g/mol. The number of aldehydes is 1. The molecule has 0 aromatic heterocycles. The normalized spacial score (nSPS) is 52.0. The zero-order valence-electron chi connectivity index (χ0n) is 28.5. The molecule has 6 fully saturated rings. The Morgan fingerprint density at radius 2 is 1.30 bits per heavy atom. The first kappa shape index (κ1) is 42.4. The van der Waals surface area contributed by atoms with Gasteiger partial charge in [0.1, 0.15) is 110 Å². The molecule has 24 heteroatoms. The number of carbonyl (C=O) groups is 1. The molecule has 312 valence electrons. The lowest BCUT2D eigenvalue weighted by Gasteiger charge is -2.56. The second-order valence-electron chi connectivity index (χ2n) is 14.2. The van der Waals surface area contributed by atoms with Crippen molar-refractivity contribution in [2.24, 2.45) is 0 Å². The van der Waals surface area contributed by atoms with E-state index in [9.17, 15) is 76.3 Å². The van der Waals surface area contributed by atoms with Crippen molar-refractivity contribution in [1.82, 2.24) is 0 Å². The van der Waals surface area contributed by atoms with Crippen molar-refractivity contribution < 1.29 is 119 Å². The van der Waals surface area contributed by atoms with Gasteiger partial charge < -0.3 is 114 Å². The predicted molar refractivity (Wildman–Crippen MR) is 161 cm³/mol. The van der Waals surface area contributed by atoms with Crippen LogP contribution in [0.1, 0.15) is 6.92 Å². The highest BCUT2D eigenvalue weighted by molar-refractivity contribution is 5.66. The van der Waals surface area contributed by atoms with Crippen LogP contribution in [0.15, 0.2) is 0 Å². The number of ether oxygens (including phenoxy) is 9. The molecule has 0 aromatic carbocycles. The number of hydrogen-bond donors (Lipinski definition) is 14. The quantitative estimate of drug-likeness (QED) is 0.0770. The van der Waals surface area contributed by atoms with Gasteiger partial charge in [0.05, 0.1) is 32.5 Å². The summed E-state index contributed by atoms with van der Waals surface area (Å²) in [6, 6.07) is 0. The SMILES string of the molecule is C[C@H](O)[C@@H](O)[C@@H](O)[C@](O)(C=O)[C@@]1(O[C@@H]2C3COC2C(O)[C@H](O[C@@H]2C(O)[C@H](O[C@@H]4C5COC4C(O)C(O)O5)O[C@H](CO)C2O)O3)O[C@H](CO)[C@H](O)[C@H](O)[C@H]1O. The third-order valence-corrected chi connectivity index (χ3v) is 10.8. The van der Waals surface area contributed by atoms with Gasteiger partial charge in [0, 0.05) is 0 Å². The summed E-state index contributed by atoms with van der Waals surface area (Å²) in [5.74, 6) is -3.40. The first-order chi connectivity index (χ1) is 25.5. The molecule has 6 saturated heterocycles. The molecule has 6 heterocycles. The Kier molecular flexibility index (Phi) is 12.7.